The summed E-state index contributed by atoms with van der Waals surface area (Å²) in [6.07, 6.45) is 3.15. The van der Waals surface area contributed by atoms with Crippen molar-refractivity contribution in [2.45, 2.75) is 18.8 Å². The van der Waals surface area contributed by atoms with Crippen LogP contribution in [0.2, 0.25) is 0 Å². The predicted molar refractivity (Wildman–Crippen MR) is 118 cm³/mol. The van der Waals surface area contributed by atoms with Crippen LogP contribution in [0.25, 0.3) is 17.1 Å². The Hall–Kier alpha value is -4.41. The van der Waals surface area contributed by atoms with E-state index in [0.717, 1.165) is 12.8 Å². The number of halogens is 1. The standard InChI is InChI=1S/C23H19FN6O4/c24-17-8-6-15(7-9-17)21-25-22(34-27-21)16-3-2-11-28(14-16)23(31)20-10-12-29(26-20)18-4-1-5-19(13-18)30(32)33/h1,4-10,12-13,16H,2-3,11,14H2. The van der Waals surface area contributed by atoms with Crippen LogP contribution in [0, 0.1) is 15.9 Å². The lowest BCUT2D eigenvalue weighted by atomic mass is 9.97. The molecule has 4 aromatic rings. The fourth-order valence-corrected chi connectivity index (χ4v) is 3.97. The van der Waals surface area contributed by atoms with Gasteiger partial charge < -0.3 is 9.42 Å². The van der Waals surface area contributed by atoms with Crippen LogP contribution in [0.1, 0.15) is 35.1 Å². The van der Waals surface area contributed by atoms with E-state index in [-0.39, 0.29) is 29.0 Å². The lowest BCUT2D eigenvalue weighted by Gasteiger charge is -2.30. The number of hydrogen-bond acceptors (Lipinski definition) is 7. The van der Waals surface area contributed by atoms with Crippen molar-refractivity contribution in [2.75, 3.05) is 13.1 Å². The second-order valence-electron chi connectivity index (χ2n) is 7.98. The van der Waals surface area contributed by atoms with E-state index in [4.69, 9.17) is 4.52 Å². The summed E-state index contributed by atoms with van der Waals surface area (Å²) in [5, 5.41) is 19.4. The maximum atomic E-state index is 13.2. The van der Waals surface area contributed by atoms with Gasteiger partial charge in [-0.05, 0) is 49.2 Å². The van der Waals surface area contributed by atoms with Gasteiger partial charge in [0.1, 0.15) is 5.82 Å². The van der Waals surface area contributed by atoms with Crippen molar-refractivity contribution >= 4 is 11.6 Å². The zero-order valence-electron chi connectivity index (χ0n) is 17.9. The number of nitro benzene ring substituents is 1. The first kappa shape index (κ1) is 21.4. The number of amides is 1. The highest BCUT2D eigenvalue weighted by molar-refractivity contribution is 5.92. The van der Waals surface area contributed by atoms with E-state index in [1.807, 2.05) is 0 Å². The normalized spacial score (nSPS) is 15.9. The van der Waals surface area contributed by atoms with Gasteiger partial charge >= 0.3 is 0 Å². The first-order chi connectivity index (χ1) is 16.5. The molecule has 1 saturated heterocycles. The average molecular weight is 462 g/mol. The third-order valence-corrected chi connectivity index (χ3v) is 5.72. The summed E-state index contributed by atoms with van der Waals surface area (Å²) in [5.74, 6) is 0.0836. The van der Waals surface area contributed by atoms with Crippen molar-refractivity contribution in [1.29, 1.82) is 0 Å². The lowest BCUT2D eigenvalue weighted by Crippen LogP contribution is -2.39. The SMILES string of the molecule is O=C(c1ccn(-c2cccc([N+](=O)[O-])c2)n1)N1CCCC(c2nc(-c3ccc(F)cc3)no2)C1. The molecule has 11 heteroatoms. The number of benzene rings is 2. The first-order valence-corrected chi connectivity index (χ1v) is 10.7. The van der Waals surface area contributed by atoms with Gasteiger partial charge in [-0.3, -0.25) is 14.9 Å². The van der Waals surface area contributed by atoms with Crippen molar-refractivity contribution in [2.24, 2.45) is 0 Å². The molecule has 0 saturated carbocycles. The van der Waals surface area contributed by atoms with E-state index in [1.54, 1.807) is 41.4 Å². The number of non-ortho nitro benzene ring substituents is 1. The highest BCUT2D eigenvalue weighted by Gasteiger charge is 2.30. The maximum Gasteiger partial charge on any atom is 0.274 e. The van der Waals surface area contributed by atoms with Gasteiger partial charge in [-0.25, -0.2) is 9.07 Å². The predicted octanol–water partition coefficient (Wildman–Crippen LogP) is 3.99. The number of nitrogens with zero attached hydrogens (tertiary/aromatic N) is 6. The first-order valence-electron chi connectivity index (χ1n) is 10.7. The van der Waals surface area contributed by atoms with E-state index in [0.29, 0.717) is 36.1 Å². The Bertz CT molecular complexity index is 1350. The lowest BCUT2D eigenvalue weighted by molar-refractivity contribution is -0.384. The van der Waals surface area contributed by atoms with Crippen LogP contribution < -0.4 is 0 Å². The molecule has 1 atom stereocenters. The summed E-state index contributed by atoms with van der Waals surface area (Å²) in [7, 11) is 0. The molecule has 0 aliphatic carbocycles. The molecule has 2 aromatic carbocycles. The molecular weight excluding hydrogens is 443 g/mol. The van der Waals surface area contributed by atoms with E-state index >= 15 is 0 Å². The minimum atomic E-state index is -0.480. The Labute approximate surface area is 192 Å². The Morgan fingerprint density at radius 3 is 2.79 bits per heavy atom. The molecular formula is C23H19FN6O4. The molecule has 10 nitrogen and oxygen atoms in total. The molecule has 0 radical (unpaired) electrons. The Morgan fingerprint density at radius 2 is 2.00 bits per heavy atom. The molecule has 1 aliphatic heterocycles. The van der Waals surface area contributed by atoms with Gasteiger partial charge in [0, 0.05) is 37.0 Å². The molecule has 0 N–H and O–H groups in total. The number of hydrogen-bond donors (Lipinski definition) is 0. The monoisotopic (exact) mass is 462 g/mol. The van der Waals surface area contributed by atoms with Crippen LogP contribution in [0.3, 0.4) is 0 Å². The Morgan fingerprint density at radius 1 is 1.18 bits per heavy atom. The fourth-order valence-electron chi connectivity index (χ4n) is 3.97. The largest absolute Gasteiger partial charge is 0.339 e. The quantitative estimate of drug-likeness (QED) is 0.325. The van der Waals surface area contributed by atoms with Crippen LogP contribution in [0.15, 0.2) is 65.3 Å². The van der Waals surface area contributed by atoms with Crippen molar-refractivity contribution in [3.05, 3.63) is 88.3 Å². The van der Waals surface area contributed by atoms with Gasteiger partial charge in [0.25, 0.3) is 11.6 Å². The topological polar surface area (TPSA) is 120 Å². The highest BCUT2D eigenvalue weighted by Crippen LogP contribution is 2.28. The van der Waals surface area contributed by atoms with Crippen molar-refractivity contribution < 1.29 is 18.6 Å². The minimum Gasteiger partial charge on any atom is -0.339 e. The molecule has 3 heterocycles. The molecule has 1 amide bonds. The number of carbonyl (C=O) groups excluding carboxylic acids is 1. The van der Waals surface area contributed by atoms with Gasteiger partial charge in [0.15, 0.2) is 5.69 Å². The van der Waals surface area contributed by atoms with Crippen LogP contribution in [0.4, 0.5) is 10.1 Å². The Balaban J connectivity index is 1.30. The van der Waals surface area contributed by atoms with Gasteiger partial charge in [0.2, 0.25) is 11.7 Å². The smallest absolute Gasteiger partial charge is 0.274 e. The van der Waals surface area contributed by atoms with E-state index in [2.05, 4.69) is 15.2 Å². The molecule has 1 aliphatic rings. The number of nitro groups is 1. The van der Waals surface area contributed by atoms with Crippen molar-refractivity contribution in [1.82, 2.24) is 24.8 Å². The molecule has 5 rings (SSSR count). The molecule has 34 heavy (non-hydrogen) atoms. The zero-order chi connectivity index (χ0) is 23.7. The number of carbonyl (C=O) groups is 1. The summed E-state index contributed by atoms with van der Waals surface area (Å²) in [5.41, 5.74) is 1.32. The van der Waals surface area contributed by atoms with Crippen molar-refractivity contribution in [3.63, 3.8) is 0 Å². The summed E-state index contributed by atoms with van der Waals surface area (Å²) < 4.78 is 20.1. The molecule has 1 fully saturated rings. The van der Waals surface area contributed by atoms with Crippen LogP contribution in [-0.4, -0.2) is 48.7 Å². The molecule has 172 valence electrons. The van der Waals surface area contributed by atoms with E-state index < -0.39 is 4.92 Å². The molecule has 0 spiro atoms. The number of rotatable bonds is 5. The molecule has 0 bridgehead atoms. The van der Waals surface area contributed by atoms with Gasteiger partial charge in [-0.15, -0.1) is 0 Å². The van der Waals surface area contributed by atoms with Crippen LogP contribution >= 0.6 is 0 Å². The highest BCUT2D eigenvalue weighted by atomic mass is 19.1. The second kappa shape index (κ2) is 8.85. The average Bonchev–Trinajstić information content (AvgIpc) is 3.55. The summed E-state index contributed by atoms with van der Waals surface area (Å²) in [4.78, 5) is 29.8. The maximum absolute atomic E-state index is 13.2. The summed E-state index contributed by atoms with van der Waals surface area (Å²) in [6, 6.07) is 13.5. The zero-order valence-corrected chi connectivity index (χ0v) is 17.9. The number of aromatic nitrogens is 4. The third kappa shape index (κ3) is 4.27. The van der Waals surface area contributed by atoms with Crippen LogP contribution in [-0.2, 0) is 0 Å². The fraction of sp³-hybridized carbons (Fsp3) is 0.217. The Kier molecular flexibility index (Phi) is 5.58. The number of piperidine rings is 1. The van der Waals surface area contributed by atoms with E-state index in [1.165, 1.54) is 28.9 Å². The third-order valence-electron chi connectivity index (χ3n) is 5.72. The minimum absolute atomic E-state index is 0.0562. The van der Waals surface area contributed by atoms with Gasteiger partial charge in [-0.2, -0.15) is 10.1 Å². The molecule has 1 unspecified atom stereocenters. The van der Waals surface area contributed by atoms with Gasteiger partial charge in [-0.1, -0.05) is 11.2 Å². The molecule has 2 aromatic heterocycles. The summed E-state index contributed by atoms with van der Waals surface area (Å²) in [6.45, 7) is 0.964. The number of likely N-dealkylation sites (tertiary alicyclic amines) is 1. The van der Waals surface area contributed by atoms with Gasteiger partial charge in [0.05, 0.1) is 16.5 Å². The van der Waals surface area contributed by atoms with Crippen molar-refractivity contribution in [3.8, 4) is 17.1 Å². The second-order valence-corrected chi connectivity index (χ2v) is 7.98. The van der Waals surface area contributed by atoms with E-state index in [9.17, 15) is 19.3 Å². The summed E-state index contributed by atoms with van der Waals surface area (Å²) >= 11 is 0. The van der Waals surface area contributed by atoms with Crippen LogP contribution in [0.5, 0.6) is 0 Å².